The lowest BCUT2D eigenvalue weighted by Gasteiger charge is -2.05. The van der Waals surface area contributed by atoms with Crippen LogP contribution in [0.2, 0.25) is 0 Å². The Morgan fingerprint density at radius 3 is 2.67 bits per heavy atom. The molecular weight excluding hydrogens is 264 g/mol. The Kier molecular flexibility index (Phi) is 3.53. The van der Waals surface area contributed by atoms with Crippen LogP contribution in [0.1, 0.15) is 5.56 Å². The van der Waals surface area contributed by atoms with Gasteiger partial charge >= 0.3 is 0 Å². The number of anilines is 2. The molecule has 0 fully saturated rings. The van der Waals surface area contributed by atoms with Crippen molar-refractivity contribution in [3.8, 4) is 11.4 Å². The lowest BCUT2D eigenvalue weighted by atomic mass is 10.2. The van der Waals surface area contributed by atoms with E-state index in [4.69, 9.17) is 11.6 Å². The van der Waals surface area contributed by atoms with Crippen LogP contribution in [-0.4, -0.2) is 14.5 Å². The Morgan fingerprint density at radius 1 is 1.10 bits per heavy atom. The van der Waals surface area contributed by atoms with Gasteiger partial charge in [0.25, 0.3) is 0 Å². The fourth-order valence-electron chi connectivity index (χ4n) is 2.10. The van der Waals surface area contributed by atoms with Crippen molar-refractivity contribution in [1.82, 2.24) is 14.5 Å². The summed E-state index contributed by atoms with van der Waals surface area (Å²) < 4.78 is 2.01. The van der Waals surface area contributed by atoms with Gasteiger partial charge in [-0.05, 0) is 11.6 Å². The predicted octanol–water partition coefficient (Wildman–Crippen LogP) is 1.86. The molecular formula is C15H16N6. The number of nitrogen functional groups attached to an aromatic ring is 2. The number of hydrogen-bond acceptors (Lipinski definition) is 5. The highest BCUT2D eigenvalue weighted by Crippen LogP contribution is 2.23. The Balaban J connectivity index is 1.85. The third kappa shape index (κ3) is 2.85. The van der Waals surface area contributed by atoms with Crippen LogP contribution in [0.15, 0.2) is 55.1 Å². The lowest BCUT2D eigenvalue weighted by molar-refractivity contribution is 0.797. The zero-order valence-corrected chi connectivity index (χ0v) is 11.4. The van der Waals surface area contributed by atoms with Crippen LogP contribution in [0.4, 0.5) is 11.4 Å². The molecule has 0 radical (unpaired) electrons. The van der Waals surface area contributed by atoms with Crippen LogP contribution < -0.4 is 17.0 Å². The molecule has 0 atom stereocenters. The Hall–Kier alpha value is -2.86. The average molecular weight is 280 g/mol. The van der Waals surface area contributed by atoms with E-state index >= 15 is 0 Å². The first-order valence-electron chi connectivity index (χ1n) is 6.54. The van der Waals surface area contributed by atoms with Gasteiger partial charge in [0.1, 0.15) is 5.69 Å². The van der Waals surface area contributed by atoms with Gasteiger partial charge in [-0.25, -0.2) is 4.98 Å². The zero-order valence-electron chi connectivity index (χ0n) is 11.4. The molecule has 0 bridgehead atoms. The molecule has 3 rings (SSSR count). The molecule has 6 heteroatoms. The summed E-state index contributed by atoms with van der Waals surface area (Å²) in [5.41, 5.74) is 12.2. The summed E-state index contributed by atoms with van der Waals surface area (Å²) in [5.74, 6) is 5.42. The van der Waals surface area contributed by atoms with E-state index in [2.05, 4.69) is 27.5 Å². The van der Waals surface area contributed by atoms with Gasteiger partial charge in [0.05, 0.1) is 29.6 Å². The van der Waals surface area contributed by atoms with Crippen molar-refractivity contribution in [2.24, 2.45) is 5.84 Å². The summed E-state index contributed by atoms with van der Waals surface area (Å²) in [6.07, 6.45) is 5.31. The van der Waals surface area contributed by atoms with Crippen molar-refractivity contribution in [1.29, 1.82) is 0 Å². The maximum atomic E-state index is 5.75. The smallest absolute Gasteiger partial charge is 0.107 e. The second-order valence-corrected chi connectivity index (χ2v) is 4.72. The van der Waals surface area contributed by atoms with Crippen LogP contribution in [-0.2, 0) is 6.54 Å². The Morgan fingerprint density at radius 2 is 1.90 bits per heavy atom. The highest BCUT2D eigenvalue weighted by molar-refractivity contribution is 5.70. The average Bonchev–Trinajstić information content (AvgIpc) is 2.97. The second-order valence-electron chi connectivity index (χ2n) is 4.72. The number of imidazole rings is 1. The SMILES string of the molecule is NNc1cc(-c2cn(Cc3ccccc3)cn2)ncc1N. The largest absolute Gasteiger partial charge is 0.396 e. The van der Waals surface area contributed by atoms with E-state index in [9.17, 15) is 0 Å². The third-order valence-electron chi connectivity index (χ3n) is 3.19. The van der Waals surface area contributed by atoms with Gasteiger partial charge < -0.3 is 15.7 Å². The molecule has 2 heterocycles. The van der Waals surface area contributed by atoms with E-state index in [-0.39, 0.29) is 0 Å². The predicted molar refractivity (Wildman–Crippen MR) is 83.2 cm³/mol. The van der Waals surface area contributed by atoms with Crippen molar-refractivity contribution in [2.45, 2.75) is 6.54 Å². The van der Waals surface area contributed by atoms with Crippen LogP contribution in [0.25, 0.3) is 11.4 Å². The minimum absolute atomic E-state index is 0.505. The molecule has 3 aromatic rings. The van der Waals surface area contributed by atoms with Gasteiger partial charge in [-0.3, -0.25) is 10.8 Å². The van der Waals surface area contributed by atoms with Gasteiger partial charge in [0, 0.05) is 12.7 Å². The molecule has 0 aliphatic rings. The number of pyridine rings is 1. The number of hydrogen-bond donors (Lipinski definition) is 3. The summed E-state index contributed by atoms with van der Waals surface area (Å²) in [7, 11) is 0. The standard InChI is InChI=1S/C15H16N6/c16-12-7-18-14(6-13(12)20-17)15-9-21(10-19-15)8-11-4-2-1-3-5-11/h1-7,9-10H,8,16-17H2,(H,18,20). The van der Waals surface area contributed by atoms with Crippen LogP contribution in [0.5, 0.6) is 0 Å². The number of nitrogens with zero attached hydrogens (tertiary/aromatic N) is 3. The maximum Gasteiger partial charge on any atom is 0.107 e. The number of nitrogens with one attached hydrogen (secondary N) is 1. The van der Waals surface area contributed by atoms with E-state index in [1.807, 2.05) is 29.0 Å². The van der Waals surface area contributed by atoms with Crippen molar-refractivity contribution >= 4 is 11.4 Å². The van der Waals surface area contributed by atoms with E-state index in [0.29, 0.717) is 11.4 Å². The number of aromatic nitrogens is 3. The molecule has 0 amide bonds. The normalized spacial score (nSPS) is 10.5. The molecule has 5 N–H and O–H groups in total. The molecule has 0 aliphatic heterocycles. The molecule has 0 aliphatic carbocycles. The van der Waals surface area contributed by atoms with Gasteiger partial charge in [-0.1, -0.05) is 30.3 Å². The minimum Gasteiger partial charge on any atom is -0.396 e. The lowest BCUT2D eigenvalue weighted by Crippen LogP contribution is -2.09. The van der Waals surface area contributed by atoms with Crippen molar-refractivity contribution in [3.05, 3.63) is 60.7 Å². The molecule has 2 aromatic heterocycles. The zero-order chi connectivity index (χ0) is 14.7. The minimum atomic E-state index is 0.505. The molecule has 0 spiro atoms. The quantitative estimate of drug-likeness (QED) is 0.501. The van der Waals surface area contributed by atoms with Gasteiger partial charge in [0.2, 0.25) is 0 Å². The molecule has 0 unspecified atom stereocenters. The summed E-state index contributed by atoms with van der Waals surface area (Å²) in [4.78, 5) is 8.66. The molecule has 1 aromatic carbocycles. The fraction of sp³-hybridized carbons (Fsp3) is 0.0667. The highest BCUT2D eigenvalue weighted by Gasteiger charge is 2.07. The summed E-state index contributed by atoms with van der Waals surface area (Å²) in [5, 5.41) is 0. The van der Waals surface area contributed by atoms with Crippen molar-refractivity contribution in [3.63, 3.8) is 0 Å². The Labute approximate surface area is 122 Å². The fourth-order valence-corrected chi connectivity index (χ4v) is 2.10. The molecule has 106 valence electrons. The first kappa shape index (κ1) is 13.1. The van der Waals surface area contributed by atoms with Crippen LogP contribution in [0.3, 0.4) is 0 Å². The number of rotatable bonds is 4. The molecule has 6 nitrogen and oxygen atoms in total. The maximum absolute atomic E-state index is 5.75. The Bertz CT molecular complexity index is 735. The van der Waals surface area contributed by atoms with Crippen LogP contribution in [0, 0.1) is 0 Å². The van der Waals surface area contributed by atoms with Crippen LogP contribution >= 0.6 is 0 Å². The van der Waals surface area contributed by atoms with E-state index in [1.54, 1.807) is 18.6 Å². The summed E-state index contributed by atoms with van der Waals surface area (Å²) in [6, 6.07) is 12.0. The summed E-state index contributed by atoms with van der Waals surface area (Å²) in [6.45, 7) is 0.769. The summed E-state index contributed by atoms with van der Waals surface area (Å²) >= 11 is 0. The van der Waals surface area contributed by atoms with Crippen molar-refractivity contribution < 1.29 is 0 Å². The van der Waals surface area contributed by atoms with Gasteiger partial charge in [-0.15, -0.1) is 0 Å². The third-order valence-corrected chi connectivity index (χ3v) is 3.19. The number of benzene rings is 1. The second kappa shape index (κ2) is 5.64. The number of hydrazine groups is 1. The topological polar surface area (TPSA) is 94.8 Å². The van der Waals surface area contributed by atoms with E-state index in [1.165, 1.54) is 5.56 Å². The first-order valence-corrected chi connectivity index (χ1v) is 6.54. The first-order chi connectivity index (χ1) is 10.3. The molecule has 0 saturated carbocycles. The van der Waals surface area contributed by atoms with Crippen molar-refractivity contribution in [2.75, 3.05) is 11.2 Å². The van der Waals surface area contributed by atoms with Gasteiger partial charge in [0.15, 0.2) is 0 Å². The number of nitrogens with two attached hydrogens (primary N) is 2. The van der Waals surface area contributed by atoms with Gasteiger partial charge in [-0.2, -0.15) is 0 Å². The highest BCUT2D eigenvalue weighted by atomic mass is 15.2. The monoisotopic (exact) mass is 280 g/mol. The van der Waals surface area contributed by atoms with E-state index < -0.39 is 0 Å². The molecule has 21 heavy (non-hydrogen) atoms. The molecule has 0 saturated heterocycles. The van der Waals surface area contributed by atoms with E-state index in [0.717, 1.165) is 17.9 Å².